The van der Waals surface area contributed by atoms with Crippen LogP contribution in [0.3, 0.4) is 0 Å². The maximum Gasteiger partial charge on any atom is 0.274 e. The molecule has 0 fully saturated rings. The highest BCUT2D eigenvalue weighted by Crippen LogP contribution is 2.13. The summed E-state index contributed by atoms with van der Waals surface area (Å²) in [6.07, 6.45) is 3.86. The molecule has 2 amide bonds. The van der Waals surface area contributed by atoms with Crippen molar-refractivity contribution in [1.29, 1.82) is 0 Å². The number of benzene rings is 1. The van der Waals surface area contributed by atoms with Gasteiger partial charge in [0, 0.05) is 25.7 Å². The summed E-state index contributed by atoms with van der Waals surface area (Å²) in [4.78, 5) is 34.7. The Morgan fingerprint density at radius 3 is 2.52 bits per heavy atom. The van der Waals surface area contributed by atoms with Gasteiger partial charge in [0.25, 0.3) is 5.91 Å². The molecular weight excluding hydrogens is 347 g/mol. The van der Waals surface area contributed by atoms with Crippen molar-refractivity contribution < 1.29 is 14.0 Å². The molecule has 0 radical (unpaired) electrons. The highest BCUT2D eigenvalue weighted by Gasteiger charge is 2.19. The van der Waals surface area contributed by atoms with Crippen LogP contribution in [0.1, 0.15) is 42.9 Å². The monoisotopic (exact) mass is 372 g/mol. The van der Waals surface area contributed by atoms with Crippen LogP contribution in [0.15, 0.2) is 36.7 Å². The van der Waals surface area contributed by atoms with Crippen LogP contribution in [0.4, 0.5) is 10.1 Å². The van der Waals surface area contributed by atoms with E-state index in [-0.39, 0.29) is 36.2 Å². The van der Waals surface area contributed by atoms with Crippen molar-refractivity contribution in [2.24, 2.45) is 5.92 Å². The molecule has 6 nitrogen and oxygen atoms in total. The van der Waals surface area contributed by atoms with E-state index < -0.39 is 5.82 Å². The van der Waals surface area contributed by atoms with E-state index in [1.54, 1.807) is 30.2 Å². The third-order valence-electron chi connectivity index (χ3n) is 4.02. The fraction of sp³-hybridized carbons (Fsp3) is 0.400. The largest absolute Gasteiger partial charge is 0.337 e. The molecule has 1 aromatic carbocycles. The van der Waals surface area contributed by atoms with Crippen LogP contribution in [-0.2, 0) is 4.79 Å². The number of carbonyl (C=O) groups excluding carboxylic acids is 2. The zero-order valence-electron chi connectivity index (χ0n) is 15.9. The van der Waals surface area contributed by atoms with Gasteiger partial charge >= 0.3 is 0 Å². The van der Waals surface area contributed by atoms with Crippen LogP contribution in [0, 0.1) is 18.7 Å². The van der Waals surface area contributed by atoms with E-state index in [1.165, 1.54) is 18.3 Å². The predicted molar refractivity (Wildman–Crippen MR) is 102 cm³/mol. The van der Waals surface area contributed by atoms with Gasteiger partial charge in [0.05, 0.1) is 17.6 Å². The minimum Gasteiger partial charge on any atom is -0.337 e. The van der Waals surface area contributed by atoms with E-state index in [0.29, 0.717) is 12.5 Å². The maximum atomic E-state index is 13.6. The summed E-state index contributed by atoms with van der Waals surface area (Å²) >= 11 is 0. The van der Waals surface area contributed by atoms with Crippen molar-refractivity contribution in [3.05, 3.63) is 53.9 Å². The summed E-state index contributed by atoms with van der Waals surface area (Å²) in [6.45, 7) is 6.67. The van der Waals surface area contributed by atoms with E-state index in [9.17, 15) is 14.0 Å². The Hall–Kier alpha value is -2.83. The fourth-order valence-electron chi connectivity index (χ4n) is 2.41. The molecule has 27 heavy (non-hydrogen) atoms. The highest BCUT2D eigenvalue weighted by molar-refractivity contribution is 5.93. The maximum absolute atomic E-state index is 13.6. The van der Waals surface area contributed by atoms with E-state index in [0.717, 1.165) is 12.1 Å². The molecule has 2 rings (SSSR count). The third kappa shape index (κ3) is 6.44. The molecule has 2 aromatic rings. The molecule has 0 aliphatic heterocycles. The van der Waals surface area contributed by atoms with Crippen molar-refractivity contribution in [3.8, 4) is 0 Å². The van der Waals surface area contributed by atoms with Gasteiger partial charge in [-0.1, -0.05) is 26.0 Å². The number of nitrogens with one attached hydrogen (secondary N) is 1. The number of halogens is 1. The predicted octanol–water partition coefficient (Wildman–Crippen LogP) is 3.44. The highest BCUT2D eigenvalue weighted by atomic mass is 19.1. The molecule has 0 aliphatic rings. The average molecular weight is 372 g/mol. The molecular formula is C20H25FN4O2. The third-order valence-corrected chi connectivity index (χ3v) is 4.02. The summed E-state index contributed by atoms with van der Waals surface area (Å²) in [5.41, 5.74) is 1.11. The Morgan fingerprint density at radius 2 is 1.89 bits per heavy atom. The number of hydrogen-bond acceptors (Lipinski definition) is 4. The van der Waals surface area contributed by atoms with Crippen LogP contribution in [0.2, 0.25) is 0 Å². The number of para-hydroxylation sites is 1. The summed E-state index contributed by atoms with van der Waals surface area (Å²) in [6, 6.07) is 5.98. The Labute approximate surface area is 158 Å². The molecule has 144 valence electrons. The Balaban J connectivity index is 2.01. The summed E-state index contributed by atoms with van der Waals surface area (Å²) in [7, 11) is 0. The van der Waals surface area contributed by atoms with E-state index >= 15 is 0 Å². The smallest absolute Gasteiger partial charge is 0.274 e. The van der Waals surface area contributed by atoms with Crippen molar-refractivity contribution in [1.82, 2.24) is 14.9 Å². The lowest BCUT2D eigenvalue weighted by Crippen LogP contribution is -2.35. The first-order valence-corrected chi connectivity index (χ1v) is 8.99. The molecule has 0 saturated carbocycles. The standard InChI is InChI=1S/C20H25FN4O2/c1-14(2)8-10-25(20(27)18-13-22-15(3)12-23-18)11-9-19(26)24-17-7-5-4-6-16(17)21/h4-7,12-14H,8-11H2,1-3H3,(H,24,26). The van der Waals surface area contributed by atoms with Crippen molar-refractivity contribution >= 4 is 17.5 Å². The van der Waals surface area contributed by atoms with Gasteiger partial charge in [-0.3, -0.25) is 14.6 Å². The summed E-state index contributed by atoms with van der Waals surface area (Å²) in [5, 5.41) is 2.54. The Kier molecular flexibility index (Phi) is 7.40. The number of amides is 2. The number of anilines is 1. The zero-order chi connectivity index (χ0) is 19.8. The SMILES string of the molecule is Cc1cnc(C(=O)N(CCC(=O)Nc2ccccc2F)CCC(C)C)cn1. The quantitative estimate of drug-likeness (QED) is 0.770. The molecule has 0 atom stereocenters. The number of hydrogen-bond donors (Lipinski definition) is 1. The molecule has 1 heterocycles. The average Bonchev–Trinajstić information content (AvgIpc) is 2.63. The van der Waals surface area contributed by atoms with Crippen LogP contribution in [0.25, 0.3) is 0 Å². The lowest BCUT2D eigenvalue weighted by atomic mass is 10.1. The first kappa shape index (κ1) is 20.5. The second kappa shape index (κ2) is 9.75. The first-order chi connectivity index (χ1) is 12.9. The van der Waals surface area contributed by atoms with Gasteiger partial charge in [-0.15, -0.1) is 0 Å². The van der Waals surface area contributed by atoms with Crippen LogP contribution in [-0.4, -0.2) is 39.8 Å². The first-order valence-electron chi connectivity index (χ1n) is 8.99. The lowest BCUT2D eigenvalue weighted by molar-refractivity contribution is -0.116. The minimum atomic E-state index is -0.492. The second-order valence-corrected chi connectivity index (χ2v) is 6.80. The van der Waals surface area contributed by atoms with Crippen LogP contribution < -0.4 is 5.32 Å². The summed E-state index contributed by atoms with van der Waals surface area (Å²) in [5.74, 6) is -0.690. The molecule has 1 aromatic heterocycles. The molecule has 0 bridgehead atoms. The van der Waals surface area contributed by atoms with E-state index in [4.69, 9.17) is 0 Å². The minimum absolute atomic E-state index is 0.0669. The number of aromatic nitrogens is 2. The molecule has 0 unspecified atom stereocenters. The molecule has 1 N–H and O–H groups in total. The number of carbonyl (C=O) groups is 2. The molecule has 7 heteroatoms. The second-order valence-electron chi connectivity index (χ2n) is 6.80. The van der Waals surface area contributed by atoms with Crippen LogP contribution >= 0.6 is 0 Å². The summed E-state index contributed by atoms with van der Waals surface area (Å²) < 4.78 is 13.6. The molecule has 0 spiro atoms. The van der Waals surface area contributed by atoms with Gasteiger partial charge in [-0.25, -0.2) is 9.37 Å². The van der Waals surface area contributed by atoms with Gasteiger partial charge < -0.3 is 10.2 Å². The zero-order valence-corrected chi connectivity index (χ0v) is 15.9. The van der Waals surface area contributed by atoms with E-state index in [2.05, 4.69) is 29.1 Å². The van der Waals surface area contributed by atoms with Crippen molar-refractivity contribution in [2.75, 3.05) is 18.4 Å². The van der Waals surface area contributed by atoms with Gasteiger partial charge in [0.1, 0.15) is 11.5 Å². The number of nitrogens with zero attached hydrogens (tertiary/aromatic N) is 3. The van der Waals surface area contributed by atoms with Gasteiger partial charge in [0.2, 0.25) is 5.91 Å². The molecule has 0 saturated heterocycles. The Bertz CT molecular complexity index is 778. The molecule has 0 aliphatic carbocycles. The van der Waals surface area contributed by atoms with Gasteiger partial charge in [-0.2, -0.15) is 0 Å². The van der Waals surface area contributed by atoms with Gasteiger partial charge in [0.15, 0.2) is 0 Å². The lowest BCUT2D eigenvalue weighted by Gasteiger charge is -2.23. The van der Waals surface area contributed by atoms with Crippen molar-refractivity contribution in [3.63, 3.8) is 0 Å². The van der Waals surface area contributed by atoms with Crippen molar-refractivity contribution in [2.45, 2.75) is 33.6 Å². The van der Waals surface area contributed by atoms with Crippen LogP contribution in [0.5, 0.6) is 0 Å². The Morgan fingerprint density at radius 1 is 1.15 bits per heavy atom. The topological polar surface area (TPSA) is 75.2 Å². The normalized spacial score (nSPS) is 10.7. The number of aryl methyl sites for hydroxylation is 1. The number of rotatable bonds is 8. The van der Waals surface area contributed by atoms with Gasteiger partial charge in [-0.05, 0) is 31.4 Å². The fourth-order valence-corrected chi connectivity index (χ4v) is 2.41. The van der Waals surface area contributed by atoms with E-state index in [1.807, 2.05) is 0 Å².